The molecule has 4 heteroatoms. The highest BCUT2D eigenvalue weighted by molar-refractivity contribution is 5.52. The second-order valence-corrected chi connectivity index (χ2v) is 6.53. The minimum Gasteiger partial charge on any atom is -0.356 e. The van der Waals surface area contributed by atoms with Gasteiger partial charge in [-0.25, -0.2) is 9.97 Å². The minimum absolute atomic E-state index is 0.385. The lowest BCUT2D eigenvalue weighted by atomic mass is 10.2. The number of benzene rings is 1. The fourth-order valence-corrected chi connectivity index (χ4v) is 3.10. The molecule has 0 saturated carbocycles. The van der Waals surface area contributed by atoms with Crippen LogP contribution in [0, 0.1) is 6.92 Å². The number of aryl methyl sites for hydroxylation is 1. The van der Waals surface area contributed by atoms with Crippen molar-refractivity contribution in [2.45, 2.75) is 46.2 Å². The molecule has 23 heavy (non-hydrogen) atoms. The van der Waals surface area contributed by atoms with Gasteiger partial charge >= 0.3 is 0 Å². The topological polar surface area (TPSA) is 32.3 Å². The SMILES string of the molecule is Cc1nc(N2CCCC2)cc(N(Cc2ccccc2)C(C)C)n1. The number of nitrogens with zero attached hydrogens (tertiary/aromatic N) is 4. The van der Waals surface area contributed by atoms with Crippen molar-refractivity contribution >= 4 is 11.6 Å². The van der Waals surface area contributed by atoms with Crippen molar-refractivity contribution in [1.29, 1.82) is 0 Å². The summed E-state index contributed by atoms with van der Waals surface area (Å²) in [7, 11) is 0. The predicted octanol–water partition coefficient (Wildman–Crippen LogP) is 3.80. The molecule has 122 valence electrons. The van der Waals surface area contributed by atoms with Crippen LogP contribution in [0.3, 0.4) is 0 Å². The zero-order chi connectivity index (χ0) is 16.2. The lowest BCUT2D eigenvalue weighted by Gasteiger charge is -2.29. The van der Waals surface area contributed by atoms with Crippen molar-refractivity contribution in [3.05, 3.63) is 47.8 Å². The van der Waals surface area contributed by atoms with E-state index >= 15 is 0 Å². The third kappa shape index (κ3) is 3.81. The molecule has 3 rings (SSSR count). The van der Waals surface area contributed by atoms with Crippen molar-refractivity contribution in [1.82, 2.24) is 9.97 Å². The van der Waals surface area contributed by atoms with Gasteiger partial charge in [0.2, 0.25) is 0 Å². The van der Waals surface area contributed by atoms with E-state index in [4.69, 9.17) is 4.98 Å². The summed E-state index contributed by atoms with van der Waals surface area (Å²) in [4.78, 5) is 14.1. The molecule has 1 aromatic carbocycles. The summed E-state index contributed by atoms with van der Waals surface area (Å²) < 4.78 is 0. The van der Waals surface area contributed by atoms with Crippen molar-refractivity contribution in [3.8, 4) is 0 Å². The minimum atomic E-state index is 0.385. The molecule has 1 aliphatic heterocycles. The third-order valence-electron chi connectivity index (χ3n) is 4.35. The maximum absolute atomic E-state index is 4.71. The van der Waals surface area contributed by atoms with Gasteiger partial charge in [0.05, 0.1) is 0 Å². The zero-order valence-corrected chi connectivity index (χ0v) is 14.4. The second kappa shape index (κ2) is 6.99. The Bertz CT molecular complexity index is 633. The van der Waals surface area contributed by atoms with Gasteiger partial charge in [-0.1, -0.05) is 30.3 Å². The van der Waals surface area contributed by atoms with Gasteiger partial charge in [0.1, 0.15) is 17.5 Å². The molecule has 1 fully saturated rings. The first kappa shape index (κ1) is 15.8. The average molecular weight is 310 g/mol. The van der Waals surface area contributed by atoms with Gasteiger partial charge in [-0.2, -0.15) is 0 Å². The van der Waals surface area contributed by atoms with Crippen LogP contribution in [0.4, 0.5) is 11.6 Å². The van der Waals surface area contributed by atoms with E-state index in [-0.39, 0.29) is 0 Å². The Morgan fingerprint density at radius 3 is 2.43 bits per heavy atom. The van der Waals surface area contributed by atoms with Crippen molar-refractivity contribution in [3.63, 3.8) is 0 Å². The number of aromatic nitrogens is 2. The van der Waals surface area contributed by atoms with Gasteiger partial charge in [0, 0.05) is 31.7 Å². The van der Waals surface area contributed by atoms with Crippen LogP contribution in [0.25, 0.3) is 0 Å². The summed E-state index contributed by atoms with van der Waals surface area (Å²) in [6, 6.07) is 13.1. The summed E-state index contributed by atoms with van der Waals surface area (Å²) >= 11 is 0. The highest BCUT2D eigenvalue weighted by Gasteiger charge is 2.18. The predicted molar refractivity (Wildman–Crippen MR) is 96.0 cm³/mol. The molecule has 0 unspecified atom stereocenters. The van der Waals surface area contributed by atoms with Crippen LogP contribution >= 0.6 is 0 Å². The van der Waals surface area contributed by atoms with Crippen molar-refractivity contribution < 1.29 is 0 Å². The van der Waals surface area contributed by atoms with Crippen LogP contribution in [0.5, 0.6) is 0 Å². The Morgan fingerprint density at radius 1 is 1.09 bits per heavy atom. The van der Waals surface area contributed by atoms with Gasteiger partial charge in [0.15, 0.2) is 0 Å². The summed E-state index contributed by atoms with van der Waals surface area (Å²) in [5, 5.41) is 0. The van der Waals surface area contributed by atoms with E-state index < -0.39 is 0 Å². The second-order valence-electron chi connectivity index (χ2n) is 6.53. The van der Waals surface area contributed by atoms with Crippen LogP contribution in [0.1, 0.15) is 38.1 Å². The molecule has 0 bridgehead atoms. The first-order valence-electron chi connectivity index (χ1n) is 8.54. The molecule has 0 N–H and O–H groups in total. The third-order valence-corrected chi connectivity index (χ3v) is 4.35. The van der Waals surface area contributed by atoms with Crippen LogP contribution in [-0.2, 0) is 6.54 Å². The Morgan fingerprint density at radius 2 is 1.78 bits per heavy atom. The lowest BCUT2D eigenvalue weighted by Crippen LogP contribution is -2.31. The summed E-state index contributed by atoms with van der Waals surface area (Å²) in [6.45, 7) is 9.51. The summed E-state index contributed by atoms with van der Waals surface area (Å²) in [6.07, 6.45) is 2.52. The number of rotatable bonds is 5. The number of hydrogen-bond donors (Lipinski definition) is 0. The van der Waals surface area contributed by atoms with Gasteiger partial charge in [-0.3, -0.25) is 0 Å². The number of hydrogen-bond acceptors (Lipinski definition) is 4. The molecule has 0 aliphatic carbocycles. The highest BCUT2D eigenvalue weighted by Crippen LogP contribution is 2.25. The first-order chi connectivity index (χ1) is 11.1. The van der Waals surface area contributed by atoms with E-state index in [1.54, 1.807) is 0 Å². The van der Waals surface area contributed by atoms with Crippen LogP contribution < -0.4 is 9.80 Å². The van der Waals surface area contributed by atoms with E-state index in [9.17, 15) is 0 Å². The maximum atomic E-state index is 4.71. The molecule has 0 spiro atoms. The van der Waals surface area contributed by atoms with Crippen molar-refractivity contribution in [2.75, 3.05) is 22.9 Å². The van der Waals surface area contributed by atoms with Crippen LogP contribution in [0.15, 0.2) is 36.4 Å². The van der Waals surface area contributed by atoms with Gasteiger partial charge in [-0.05, 0) is 39.2 Å². The van der Waals surface area contributed by atoms with Gasteiger partial charge < -0.3 is 9.80 Å². The fraction of sp³-hybridized carbons (Fsp3) is 0.474. The van der Waals surface area contributed by atoms with Crippen LogP contribution in [-0.4, -0.2) is 29.1 Å². The Hall–Kier alpha value is -2.10. The molecule has 2 aromatic rings. The molecule has 0 atom stereocenters. The van der Waals surface area contributed by atoms with Crippen LogP contribution in [0.2, 0.25) is 0 Å². The molecule has 4 nitrogen and oxygen atoms in total. The molecular weight excluding hydrogens is 284 g/mol. The highest BCUT2D eigenvalue weighted by atomic mass is 15.3. The average Bonchev–Trinajstić information content (AvgIpc) is 3.07. The fourth-order valence-electron chi connectivity index (χ4n) is 3.10. The number of anilines is 2. The molecule has 2 heterocycles. The molecule has 0 radical (unpaired) electrons. The summed E-state index contributed by atoms with van der Waals surface area (Å²) in [5.41, 5.74) is 1.31. The zero-order valence-electron chi connectivity index (χ0n) is 14.4. The summed E-state index contributed by atoms with van der Waals surface area (Å²) in [5.74, 6) is 2.95. The van der Waals surface area contributed by atoms with Gasteiger partial charge in [0.25, 0.3) is 0 Å². The van der Waals surface area contributed by atoms with Crippen molar-refractivity contribution in [2.24, 2.45) is 0 Å². The van der Waals surface area contributed by atoms with E-state index in [0.29, 0.717) is 6.04 Å². The monoisotopic (exact) mass is 310 g/mol. The van der Waals surface area contributed by atoms with E-state index in [0.717, 1.165) is 37.1 Å². The molecule has 1 aromatic heterocycles. The van der Waals surface area contributed by atoms with E-state index in [1.165, 1.54) is 18.4 Å². The van der Waals surface area contributed by atoms with E-state index in [2.05, 4.69) is 65.0 Å². The normalized spacial score (nSPS) is 14.5. The Labute approximate surface area is 139 Å². The van der Waals surface area contributed by atoms with Gasteiger partial charge in [-0.15, -0.1) is 0 Å². The Kier molecular flexibility index (Phi) is 4.79. The molecule has 0 amide bonds. The molecule has 1 aliphatic rings. The standard InChI is InChI=1S/C19H26N4/c1-15(2)23(14-17-9-5-4-6-10-17)19-13-18(20-16(3)21-19)22-11-7-8-12-22/h4-6,9-10,13,15H,7-8,11-12,14H2,1-3H3. The first-order valence-corrected chi connectivity index (χ1v) is 8.54. The van der Waals surface area contributed by atoms with E-state index in [1.807, 2.05) is 6.92 Å². The maximum Gasteiger partial charge on any atom is 0.134 e. The molecule has 1 saturated heterocycles. The quantitative estimate of drug-likeness (QED) is 0.841. The largest absolute Gasteiger partial charge is 0.356 e. The smallest absolute Gasteiger partial charge is 0.134 e. The Balaban J connectivity index is 1.89. The molecular formula is C19H26N4. The lowest BCUT2D eigenvalue weighted by molar-refractivity contribution is 0.669.